The normalized spacial score (nSPS) is 22.6. The summed E-state index contributed by atoms with van der Waals surface area (Å²) in [5, 5.41) is 5.08. The third-order valence-corrected chi connectivity index (χ3v) is 4.93. The van der Waals surface area contributed by atoms with Crippen LogP contribution in [-0.4, -0.2) is 31.8 Å². The van der Waals surface area contributed by atoms with E-state index in [9.17, 15) is 17.6 Å². The quantitative estimate of drug-likeness (QED) is 0.901. The van der Waals surface area contributed by atoms with Crippen molar-refractivity contribution >= 4 is 15.9 Å². The molecule has 2 unspecified atom stereocenters. The van der Waals surface area contributed by atoms with Crippen LogP contribution in [0.25, 0.3) is 0 Å². The molecule has 1 aromatic rings. The van der Waals surface area contributed by atoms with Crippen molar-refractivity contribution in [3.05, 3.63) is 29.1 Å². The number of amides is 1. The van der Waals surface area contributed by atoms with E-state index in [0.717, 1.165) is 18.6 Å². The molecule has 1 amide bonds. The summed E-state index contributed by atoms with van der Waals surface area (Å²) in [5.41, 5.74) is -0.0556. The van der Waals surface area contributed by atoms with E-state index in [-0.39, 0.29) is 28.0 Å². The average molecular weight is 314 g/mol. The minimum absolute atomic E-state index is 0.0167. The number of hydrogen-bond donors (Lipinski definition) is 1. The van der Waals surface area contributed by atoms with Gasteiger partial charge in [0.25, 0.3) is 5.91 Å². The molecule has 1 aliphatic rings. The fraction of sp³-hybridized carbons (Fsp3) is 0.500. The number of primary sulfonamides is 1. The first-order valence-corrected chi connectivity index (χ1v) is 8.29. The first-order valence-electron chi connectivity index (χ1n) is 6.75. The molecule has 1 aliphatic heterocycles. The Morgan fingerprint density at radius 2 is 2.00 bits per heavy atom. The average Bonchev–Trinajstić information content (AvgIpc) is 2.69. The van der Waals surface area contributed by atoms with E-state index in [1.165, 1.54) is 6.92 Å². The summed E-state index contributed by atoms with van der Waals surface area (Å²) in [7, 11) is -4.07. The molecule has 1 heterocycles. The van der Waals surface area contributed by atoms with Crippen LogP contribution >= 0.6 is 0 Å². The molecule has 1 saturated heterocycles. The molecule has 0 aliphatic carbocycles. The second-order valence-electron chi connectivity index (χ2n) is 5.77. The molecular weight excluding hydrogens is 295 g/mol. The zero-order valence-corrected chi connectivity index (χ0v) is 13.1. The van der Waals surface area contributed by atoms with Gasteiger partial charge in [-0.25, -0.2) is 17.9 Å². The van der Waals surface area contributed by atoms with Crippen molar-refractivity contribution in [2.75, 3.05) is 6.54 Å². The van der Waals surface area contributed by atoms with Gasteiger partial charge in [0, 0.05) is 23.7 Å². The van der Waals surface area contributed by atoms with Crippen molar-refractivity contribution in [1.82, 2.24) is 4.90 Å². The zero-order valence-electron chi connectivity index (χ0n) is 12.3. The number of sulfonamides is 1. The lowest BCUT2D eigenvalue weighted by atomic mass is 10.1. The van der Waals surface area contributed by atoms with Crippen molar-refractivity contribution in [2.45, 2.75) is 38.1 Å². The molecule has 0 radical (unpaired) electrons. The number of halogens is 1. The highest BCUT2D eigenvalue weighted by Gasteiger charge is 2.31. The van der Waals surface area contributed by atoms with E-state index in [2.05, 4.69) is 0 Å². The van der Waals surface area contributed by atoms with Crippen LogP contribution in [-0.2, 0) is 10.0 Å². The molecule has 2 N–H and O–H groups in total. The van der Waals surface area contributed by atoms with E-state index in [0.29, 0.717) is 12.5 Å². The molecule has 1 fully saturated rings. The third-order valence-electron chi connectivity index (χ3n) is 3.89. The molecule has 0 aromatic heterocycles. The van der Waals surface area contributed by atoms with Gasteiger partial charge in [0.05, 0.1) is 4.90 Å². The molecule has 5 nitrogen and oxygen atoms in total. The Kier molecular flexibility index (Phi) is 4.08. The van der Waals surface area contributed by atoms with Gasteiger partial charge >= 0.3 is 0 Å². The molecule has 0 bridgehead atoms. The number of rotatable bonds is 2. The second-order valence-corrected chi connectivity index (χ2v) is 7.30. The summed E-state index contributed by atoms with van der Waals surface area (Å²) in [6, 6.07) is 2.28. The highest BCUT2D eigenvalue weighted by Crippen LogP contribution is 2.26. The summed E-state index contributed by atoms with van der Waals surface area (Å²) in [6.45, 7) is 5.87. The standard InChI is InChI=1S/C14H19FN2O3S/c1-8-4-9(2)17(7-8)14(18)11-5-12(15)10(3)13(6-11)21(16,19)20/h5-6,8-9H,4,7H2,1-3H3,(H2,16,19,20). The predicted molar refractivity (Wildman–Crippen MR) is 76.8 cm³/mol. The molecule has 0 spiro atoms. The molecular formula is C14H19FN2O3S. The summed E-state index contributed by atoms with van der Waals surface area (Å²) in [5.74, 6) is -0.739. The number of likely N-dealkylation sites (tertiary alicyclic amines) is 1. The minimum atomic E-state index is -4.07. The van der Waals surface area contributed by atoms with Crippen molar-refractivity contribution in [1.29, 1.82) is 0 Å². The highest BCUT2D eigenvalue weighted by atomic mass is 32.2. The SMILES string of the molecule is Cc1c(F)cc(C(=O)N2CC(C)CC2C)cc1S(N)(=O)=O. The van der Waals surface area contributed by atoms with Gasteiger partial charge in [-0.3, -0.25) is 4.79 Å². The summed E-state index contributed by atoms with van der Waals surface area (Å²) in [6.07, 6.45) is 0.877. The zero-order chi connectivity index (χ0) is 15.9. The van der Waals surface area contributed by atoms with Gasteiger partial charge in [0.1, 0.15) is 5.82 Å². The van der Waals surface area contributed by atoms with Crippen LogP contribution in [0.4, 0.5) is 4.39 Å². The number of nitrogens with zero attached hydrogens (tertiary/aromatic N) is 1. The molecule has 2 atom stereocenters. The smallest absolute Gasteiger partial charge is 0.254 e. The molecule has 0 saturated carbocycles. The van der Waals surface area contributed by atoms with Gasteiger partial charge in [0.2, 0.25) is 10.0 Å². The van der Waals surface area contributed by atoms with Crippen LogP contribution in [0.3, 0.4) is 0 Å². The maximum absolute atomic E-state index is 13.9. The van der Waals surface area contributed by atoms with Crippen molar-refractivity contribution in [2.24, 2.45) is 11.1 Å². The lowest BCUT2D eigenvalue weighted by molar-refractivity contribution is 0.0743. The predicted octanol–water partition coefficient (Wildman–Crippen LogP) is 1.65. The Morgan fingerprint density at radius 1 is 1.38 bits per heavy atom. The van der Waals surface area contributed by atoms with Gasteiger partial charge in [-0.05, 0) is 38.3 Å². The first kappa shape index (κ1) is 15.9. The lowest BCUT2D eigenvalue weighted by Crippen LogP contribution is -2.34. The van der Waals surface area contributed by atoms with Crippen LogP contribution in [0.2, 0.25) is 0 Å². The van der Waals surface area contributed by atoms with Gasteiger partial charge in [-0.15, -0.1) is 0 Å². The van der Waals surface area contributed by atoms with Gasteiger partial charge in [-0.1, -0.05) is 6.92 Å². The maximum Gasteiger partial charge on any atom is 0.254 e. The number of carbonyl (C=O) groups is 1. The number of benzene rings is 1. The topological polar surface area (TPSA) is 80.5 Å². The number of hydrogen-bond acceptors (Lipinski definition) is 3. The fourth-order valence-corrected chi connectivity index (χ4v) is 3.64. The van der Waals surface area contributed by atoms with Gasteiger partial charge < -0.3 is 4.90 Å². The Bertz CT molecular complexity index is 688. The second kappa shape index (κ2) is 5.38. The Balaban J connectivity index is 2.46. The first-order chi connectivity index (χ1) is 9.61. The number of nitrogens with two attached hydrogens (primary N) is 1. The van der Waals surface area contributed by atoms with E-state index in [1.807, 2.05) is 13.8 Å². The van der Waals surface area contributed by atoms with E-state index in [1.54, 1.807) is 4.90 Å². The maximum atomic E-state index is 13.9. The molecule has 21 heavy (non-hydrogen) atoms. The van der Waals surface area contributed by atoms with E-state index < -0.39 is 15.8 Å². The fourth-order valence-electron chi connectivity index (χ4n) is 2.82. The van der Waals surface area contributed by atoms with E-state index in [4.69, 9.17) is 5.14 Å². The summed E-state index contributed by atoms with van der Waals surface area (Å²) < 4.78 is 36.9. The van der Waals surface area contributed by atoms with Gasteiger partial charge in [0.15, 0.2) is 0 Å². The number of carbonyl (C=O) groups excluding carboxylic acids is 1. The lowest BCUT2D eigenvalue weighted by Gasteiger charge is -2.22. The summed E-state index contributed by atoms with van der Waals surface area (Å²) in [4.78, 5) is 13.8. The summed E-state index contributed by atoms with van der Waals surface area (Å²) >= 11 is 0. The molecule has 1 aromatic carbocycles. The molecule has 116 valence electrons. The van der Waals surface area contributed by atoms with Crippen LogP contribution in [0.1, 0.15) is 36.2 Å². The van der Waals surface area contributed by atoms with Crippen LogP contribution in [0.15, 0.2) is 17.0 Å². The largest absolute Gasteiger partial charge is 0.336 e. The van der Waals surface area contributed by atoms with Gasteiger partial charge in [-0.2, -0.15) is 0 Å². The van der Waals surface area contributed by atoms with Crippen LogP contribution < -0.4 is 5.14 Å². The van der Waals surface area contributed by atoms with Crippen molar-refractivity contribution in [3.63, 3.8) is 0 Å². The van der Waals surface area contributed by atoms with Crippen molar-refractivity contribution in [3.8, 4) is 0 Å². The van der Waals surface area contributed by atoms with Crippen molar-refractivity contribution < 1.29 is 17.6 Å². The van der Waals surface area contributed by atoms with Crippen LogP contribution in [0, 0.1) is 18.7 Å². The van der Waals surface area contributed by atoms with Crippen LogP contribution in [0.5, 0.6) is 0 Å². The Labute approximate surface area is 124 Å². The monoisotopic (exact) mass is 314 g/mol. The van der Waals surface area contributed by atoms with E-state index >= 15 is 0 Å². The third kappa shape index (κ3) is 3.08. The molecule has 2 rings (SSSR count). The minimum Gasteiger partial charge on any atom is -0.336 e. The Morgan fingerprint density at radius 3 is 2.48 bits per heavy atom. The Hall–Kier alpha value is -1.47. The molecule has 7 heteroatoms. The highest BCUT2D eigenvalue weighted by molar-refractivity contribution is 7.89.